The first-order valence-corrected chi connectivity index (χ1v) is 8.86. The lowest BCUT2D eigenvalue weighted by Gasteiger charge is -2.07. The van der Waals surface area contributed by atoms with E-state index in [-0.39, 0.29) is 0 Å². The molecule has 0 unspecified atom stereocenters. The third-order valence-corrected chi connectivity index (χ3v) is 4.16. The Kier molecular flexibility index (Phi) is 7.77. The molecule has 0 spiro atoms. The molecular formula is C22H26O3. The molecule has 0 fully saturated rings. The van der Waals surface area contributed by atoms with Crippen molar-refractivity contribution in [3.63, 3.8) is 0 Å². The van der Waals surface area contributed by atoms with Gasteiger partial charge in [0, 0.05) is 5.57 Å². The second kappa shape index (κ2) is 10.3. The van der Waals surface area contributed by atoms with Crippen LogP contribution in [0.15, 0.2) is 66.7 Å². The van der Waals surface area contributed by atoms with Gasteiger partial charge in [0.2, 0.25) is 0 Å². The second-order valence-electron chi connectivity index (χ2n) is 6.17. The molecule has 3 nitrogen and oxygen atoms in total. The van der Waals surface area contributed by atoms with E-state index in [2.05, 4.69) is 30.8 Å². The van der Waals surface area contributed by atoms with E-state index < -0.39 is 5.97 Å². The molecule has 2 aromatic carbocycles. The number of aliphatic carboxylic acids is 1. The molecule has 0 aromatic heterocycles. The van der Waals surface area contributed by atoms with Gasteiger partial charge in [-0.25, -0.2) is 4.79 Å². The van der Waals surface area contributed by atoms with Gasteiger partial charge < -0.3 is 9.84 Å². The number of ether oxygens (including phenoxy) is 1. The Balaban J connectivity index is 1.58. The van der Waals surface area contributed by atoms with Crippen molar-refractivity contribution in [2.24, 2.45) is 0 Å². The molecule has 2 aromatic rings. The lowest BCUT2D eigenvalue weighted by atomic mass is 10.1. The number of hydrogen-bond acceptors (Lipinski definition) is 2. The fourth-order valence-corrected chi connectivity index (χ4v) is 2.64. The number of unbranched alkanes of at least 4 members (excludes halogenated alkanes) is 4. The van der Waals surface area contributed by atoms with Crippen LogP contribution in [-0.2, 0) is 4.79 Å². The number of carbonyl (C=O) groups is 1. The van der Waals surface area contributed by atoms with Crippen LogP contribution in [0.1, 0.15) is 38.5 Å². The van der Waals surface area contributed by atoms with Crippen LogP contribution in [-0.4, -0.2) is 17.7 Å². The van der Waals surface area contributed by atoms with Crippen LogP contribution in [0.2, 0.25) is 0 Å². The quantitative estimate of drug-likeness (QED) is 0.421. The molecular weight excluding hydrogens is 312 g/mol. The highest BCUT2D eigenvalue weighted by Gasteiger charge is 2.02. The fraction of sp³-hybridized carbons (Fsp3) is 0.318. The summed E-state index contributed by atoms with van der Waals surface area (Å²) in [6.07, 6.45) is 5.73. The Morgan fingerprint density at radius 2 is 1.44 bits per heavy atom. The third kappa shape index (κ3) is 6.84. The monoisotopic (exact) mass is 338 g/mol. The number of carboxylic acids is 1. The van der Waals surface area contributed by atoms with Crippen molar-refractivity contribution >= 4 is 5.97 Å². The van der Waals surface area contributed by atoms with Gasteiger partial charge in [-0.15, -0.1) is 0 Å². The summed E-state index contributed by atoms with van der Waals surface area (Å²) in [5.74, 6) is 0.0177. The fourth-order valence-electron chi connectivity index (χ4n) is 2.64. The van der Waals surface area contributed by atoms with Gasteiger partial charge in [0.1, 0.15) is 5.75 Å². The van der Waals surface area contributed by atoms with Gasteiger partial charge in [-0.3, -0.25) is 0 Å². The Labute approximate surface area is 150 Å². The number of hydrogen-bond donors (Lipinski definition) is 1. The highest BCUT2D eigenvalue weighted by molar-refractivity contribution is 5.85. The van der Waals surface area contributed by atoms with Crippen LogP contribution >= 0.6 is 0 Å². The number of rotatable bonds is 11. The van der Waals surface area contributed by atoms with Crippen LogP contribution in [0, 0.1) is 0 Å². The molecule has 0 radical (unpaired) electrons. The summed E-state index contributed by atoms with van der Waals surface area (Å²) in [6.45, 7) is 4.26. The molecule has 0 aliphatic rings. The molecule has 132 valence electrons. The van der Waals surface area contributed by atoms with Crippen LogP contribution in [0.5, 0.6) is 5.75 Å². The molecule has 1 N–H and O–H groups in total. The molecule has 0 saturated heterocycles. The standard InChI is InChI=1S/C22H26O3/c1-18(22(23)24)10-6-3-2-4-9-17-25-21-15-13-20(14-16-21)19-11-7-5-8-12-19/h5,7-8,11-16H,1-4,6,9-10,17H2,(H,23,24). The maximum Gasteiger partial charge on any atom is 0.330 e. The van der Waals surface area contributed by atoms with E-state index in [1.165, 1.54) is 11.1 Å². The lowest BCUT2D eigenvalue weighted by Crippen LogP contribution is -1.99. The van der Waals surface area contributed by atoms with Gasteiger partial charge in [0.15, 0.2) is 0 Å². The maximum absolute atomic E-state index is 10.6. The van der Waals surface area contributed by atoms with Gasteiger partial charge in [0.05, 0.1) is 6.61 Å². The van der Waals surface area contributed by atoms with Gasteiger partial charge in [0.25, 0.3) is 0 Å². The van der Waals surface area contributed by atoms with Gasteiger partial charge >= 0.3 is 5.97 Å². The van der Waals surface area contributed by atoms with Crippen LogP contribution < -0.4 is 4.74 Å². The zero-order valence-electron chi connectivity index (χ0n) is 14.6. The minimum atomic E-state index is -0.883. The van der Waals surface area contributed by atoms with Gasteiger partial charge in [-0.1, -0.05) is 68.3 Å². The Morgan fingerprint density at radius 3 is 2.12 bits per heavy atom. The topological polar surface area (TPSA) is 46.5 Å². The summed E-state index contributed by atoms with van der Waals surface area (Å²) in [7, 11) is 0. The van der Waals surface area contributed by atoms with E-state index >= 15 is 0 Å². The molecule has 2 rings (SSSR count). The smallest absolute Gasteiger partial charge is 0.330 e. The summed E-state index contributed by atoms with van der Waals surface area (Å²) in [6, 6.07) is 18.5. The lowest BCUT2D eigenvalue weighted by molar-refractivity contribution is -0.132. The highest BCUT2D eigenvalue weighted by atomic mass is 16.5. The van der Waals surface area contributed by atoms with Crippen molar-refractivity contribution in [1.82, 2.24) is 0 Å². The van der Waals surface area contributed by atoms with Gasteiger partial charge in [-0.05, 0) is 42.5 Å². The first-order chi connectivity index (χ1) is 12.2. The minimum Gasteiger partial charge on any atom is -0.494 e. The Hall–Kier alpha value is -2.55. The average Bonchev–Trinajstić information content (AvgIpc) is 2.65. The van der Waals surface area contributed by atoms with Crippen molar-refractivity contribution in [3.05, 3.63) is 66.7 Å². The number of carboxylic acid groups (broad SMARTS) is 1. The van der Waals surface area contributed by atoms with Gasteiger partial charge in [-0.2, -0.15) is 0 Å². The summed E-state index contributed by atoms with van der Waals surface area (Å²) >= 11 is 0. The molecule has 0 aliphatic heterocycles. The second-order valence-corrected chi connectivity index (χ2v) is 6.17. The summed E-state index contributed by atoms with van der Waals surface area (Å²) in [5.41, 5.74) is 2.71. The zero-order chi connectivity index (χ0) is 17.9. The highest BCUT2D eigenvalue weighted by Crippen LogP contribution is 2.22. The molecule has 0 heterocycles. The van der Waals surface area contributed by atoms with E-state index in [1.807, 2.05) is 30.3 Å². The predicted molar refractivity (Wildman–Crippen MR) is 102 cm³/mol. The maximum atomic E-state index is 10.6. The minimum absolute atomic E-state index is 0.308. The Morgan fingerprint density at radius 1 is 0.840 bits per heavy atom. The predicted octanol–water partition coefficient (Wildman–Crippen LogP) is 5.71. The third-order valence-electron chi connectivity index (χ3n) is 4.16. The van der Waals surface area contributed by atoms with E-state index in [9.17, 15) is 4.79 Å². The molecule has 0 aliphatic carbocycles. The molecule has 3 heteroatoms. The summed E-state index contributed by atoms with van der Waals surface area (Å²) in [5, 5.41) is 8.73. The molecule has 25 heavy (non-hydrogen) atoms. The zero-order valence-corrected chi connectivity index (χ0v) is 14.6. The van der Waals surface area contributed by atoms with Crippen molar-refractivity contribution in [1.29, 1.82) is 0 Å². The first kappa shape index (κ1) is 18.8. The summed E-state index contributed by atoms with van der Waals surface area (Å²) in [4.78, 5) is 10.6. The normalized spacial score (nSPS) is 10.4. The van der Waals surface area contributed by atoms with Crippen molar-refractivity contribution in [2.75, 3.05) is 6.61 Å². The molecule has 0 saturated carbocycles. The molecule has 0 amide bonds. The van der Waals surface area contributed by atoms with Crippen LogP contribution in [0.4, 0.5) is 0 Å². The van der Waals surface area contributed by atoms with E-state index in [4.69, 9.17) is 9.84 Å². The largest absolute Gasteiger partial charge is 0.494 e. The Bertz CT molecular complexity index is 659. The molecule has 0 bridgehead atoms. The number of benzene rings is 2. The van der Waals surface area contributed by atoms with Crippen molar-refractivity contribution in [2.45, 2.75) is 38.5 Å². The van der Waals surface area contributed by atoms with E-state index in [0.717, 1.165) is 37.9 Å². The first-order valence-electron chi connectivity index (χ1n) is 8.86. The van der Waals surface area contributed by atoms with Crippen LogP contribution in [0.25, 0.3) is 11.1 Å². The average molecular weight is 338 g/mol. The van der Waals surface area contributed by atoms with E-state index in [0.29, 0.717) is 18.6 Å². The van der Waals surface area contributed by atoms with Crippen molar-refractivity contribution < 1.29 is 14.6 Å². The van der Waals surface area contributed by atoms with E-state index in [1.54, 1.807) is 0 Å². The van der Waals surface area contributed by atoms with Crippen molar-refractivity contribution in [3.8, 4) is 16.9 Å². The summed E-state index contributed by atoms with van der Waals surface area (Å²) < 4.78 is 5.78. The van der Waals surface area contributed by atoms with Crippen LogP contribution in [0.3, 0.4) is 0 Å². The molecule has 0 atom stereocenters. The SMILES string of the molecule is C=C(CCCCCCCOc1ccc(-c2ccccc2)cc1)C(=O)O.